The van der Waals surface area contributed by atoms with Crippen molar-refractivity contribution in [3.8, 4) is 0 Å². The fourth-order valence-corrected chi connectivity index (χ4v) is 9.25. The summed E-state index contributed by atoms with van der Waals surface area (Å²) < 4.78 is 6.11. The zero-order chi connectivity index (χ0) is 21.4. The second-order valence-electron chi connectivity index (χ2n) is 7.91. The Bertz CT molecular complexity index is 936. The van der Waals surface area contributed by atoms with E-state index in [1.165, 1.54) is 21.5 Å². The lowest BCUT2D eigenvalue weighted by atomic mass is 10.2. The summed E-state index contributed by atoms with van der Waals surface area (Å²) >= 11 is 0. The molecular formula is C29H30OP+. The van der Waals surface area contributed by atoms with Crippen molar-refractivity contribution < 1.29 is 4.74 Å². The minimum atomic E-state index is -1.84. The molecule has 1 nitrogen and oxygen atoms in total. The summed E-state index contributed by atoms with van der Waals surface area (Å²) in [6.45, 7) is 3.83. The number of ether oxygens (including phenoxy) is 1. The van der Waals surface area contributed by atoms with E-state index in [4.69, 9.17) is 4.74 Å². The van der Waals surface area contributed by atoms with Crippen LogP contribution in [0.5, 0.6) is 0 Å². The lowest BCUT2D eigenvalue weighted by Gasteiger charge is -2.33. The minimum absolute atomic E-state index is 0.454. The maximum atomic E-state index is 6.11. The molecule has 0 aliphatic carbocycles. The van der Waals surface area contributed by atoms with Gasteiger partial charge in [-0.2, -0.15) is 0 Å². The van der Waals surface area contributed by atoms with E-state index in [0.717, 1.165) is 13.0 Å². The molecule has 0 saturated heterocycles. The summed E-state index contributed by atoms with van der Waals surface area (Å²) in [6, 6.07) is 43.7. The van der Waals surface area contributed by atoms with Crippen LogP contribution in [0.15, 0.2) is 121 Å². The first-order valence-corrected chi connectivity index (χ1v) is 12.8. The van der Waals surface area contributed by atoms with Crippen LogP contribution in [0.4, 0.5) is 0 Å². The summed E-state index contributed by atoms with van der Waals surface area (Å²) in [5, 5.41) is 4.30. The Balaban J connectivity index is 1.68. The van der Waals surface area contributed by atoms with Gasteiger partial charge in [-0.1, -0.05) is 84.9 Å². The normalized spacial score (nSPS) is 12.4. The maximum Gasteiger partial charge on any atom is 0.114 e. The van der Waals surface area contributed by atoms with Crippen LogP contribution in [0, 0.1) is 0 Å². The first-order chi connectivity index (χ1) is 15.3. The molecule has 1 unspecified atom stereocenters. The smallest absolute Gasteiger partial charge is 0.114 e. The van der Waals surface area contributed by atoms with E-state index >= 15 is 0 Å². The van der Waals surface area contributed by atoms with Gasteiger partial charge in [-0.3, -0.25) is 0 Å². The molecule has 2 heteroatoms. The van der Waals surface area contributed by atoms with Crippen LogP contribution in [0.2, 0.25) is 0 Å². The van der Waals surface area contributed by atoms with Crippen molar-refractivity contribution in [3.63, 3.8) is 0 Å². The average molecular weight is 426 g/mol. The third-order valence-electron chi connectivity index (χ3n) is 5.94. The Kier molecular flexibility index (Phi) is 7.30. The molecule has 0 aliphatic heterocycles. The highest BCUT2D eigenvalue weighted by molar-refractivity contribution is 7.96. The summed E-state index contributed by atoms with van der Waals surface area (Å²) in [5.41, 5.74) is 1.68. The van der Waals surface area contributed by atoms with Crippen molar-refractivity contribution >= 4 is 23.2 Å². The first-order valence-electron chi connectivity index (χ1n) is 11.0. The molecule has 0 aromatic heterocycles. The largest absolute Gasteiger partial charge is 0.377 e. The Hall–Kier alpha value is -2.73. The van der Waals surface area contributed by atoms with Gasteiger partial charge in [-0.15, -0.1) is 0 Å². The van der Waals surface area contributed by atoms with Gasteiger partial charge >= 0.3 is 0 Å². The quantitative estimate of drug-likeness (QED) is 0.237. The molecule has 0 bridgehead atoms. The van der Waals surface area contributed by atoms with E-state index in [9.17, 15) is 0 Å². The topological polar surface area (TPSA) is 9.23 Å². The fraction of sp³-hybridized carbons (Fsp3) is 0.172. The van der Waals surface area contributed by atoms with Gasteiger partial charge in [0, 0.05) is 6.42 Å². The van der Waals surface area contributed by atoms with E-state index in [1.807, 2.05) is 6.07 Å². The molecule has 0 radical (unpaired) electrons. The molecule has 4 rings (SSSR count). The van der Waals surface area contributed by atoms with Crippen LogP contribution in [-0.4, -0.2) is 12.3 Å². The SMILES string of the molecule is CC(CCOCc1ccccc1)[P+](c1ccccc1)(c1ccccc1)c1ccccc1. The Labute approximate surface area is 187 Å². The molecule has 0 fully saturated rings. The van der Waals surface area contributed by atoms with Crippen molar-refractivity contribution in [2.75, 3.05) is 6.61 Å². The highest BCUT2D eigenvalue weighted by Gasteiger charge is 2.49. The van der Waals surface area contributed by atoms with Crippen LogP contribution in [-0.2, 0) is 11.3 Å². The van der Waals surface area contributed by atoms with Gasteiger partial charge in [0.15, 0.2) is 0 Å². The zero-order valence-corrected chi connectivity index (χ0v) is 19.0. The molecule has 0 aliphatic rings. The predicted molar refractivity (Wildman–Crippen MR) is 135 cm³/mol. The van der Waals surface area contributed by atoms with E-state index in [2.05, 4.69) is 122 Å². The van der Waals surface area contributed by atoms with Crippen molar-refractivity contribution in [2.24, 2.45) is 0 Å². The standard InChI is InChI=1S/C29H30OP/c1-25(22-23-30-24-26-14-6-2-7-15-26)31(27-16-8-3-9-17-27,28-18-10-4-11-19-28)29-20-12-5-13-21-29/h2-21,25H,22-24H2,1H3/q+1. The Morgan fingerprint density at radius 3 is 1.39 bits per heavy atom. The molecule has 0 amide bonds. The average Bonchev–Trinajstić information content (AvgIpc) is 2.85. The molecular weight excluding hydrogens is 395 g/mol. The monoisotopic (exact) mass is 425 g/mol. The molecule has 4 aromatic rings. The number of hydrogen-bond donors (Lipinski definition) is 0. The molecule has 4 aromatic carbocycles. The number of hydrogen-bond acceptors (Lipinski definition) is 1. The van der Waals surface area contributed by atoms with Gasteiger partial charge in [0.1, 0.15) is 23.2 Å². The number of rotatable bonds is 9. The third-order valence-corrected chi connectivity index (χ3v) is 10.9. The number of benzene rings is 4. The highest BCUT2D eigenvalue weighted by atomic mass is 31.2. The molecule has 156 valence electrons. The summed E-state index contributed by atoms with van der Waals surface area (Å²) in [6.07, 6.45) is 1.01. The van der Waals surface area contributed by atoms with E-state index in [1.54, 1.807) is 0 Å². The van der Waals surface area contributed by atoms with Crippen LogP contribution in [0.25, 0.3) is 0 Å². The fourth-order valence-electron chi connectivity index (χ4n) is 4.41. The van der Waals surface area contributed by atoms with Crippen LogP contribution < -0.4 is 15.9 Å². The van der Waals surface area contributed by atoms with Gasteiger partial charge in [-0.25, -0.2) is 0 Å². The Morgan fingerprint density at radius 2 is 0.968 bits per heavy atom. The van der Waals surface area contributed by atoms with E-state index < -0.39 is 7.26 Å². The van der Waals surface area contributed by atoms with Gasteiger partial charge in [0.05, 0.1) is 18.9 Å². The molecule has 1 atom stereocenters. The van der Waals surface area contributed by atoms with Crippen LogP contribution in [0.1, 0.15) is 18.9 Å². The van der Waals surface area contributed by atoms with E-state index in [-0.39, 0.29) is 0 Å². The van der Waals surface area contributed by atoms with Crippen molar-refractivity contribution in [1.29, 1.82) is 0 Å². The van der Waals surface area contributed by atoms with Gasteiger partial charge in [0.25, 0.3) is 0 Å². The van der Waals surface area contributed by atoms with Crippen molar-refractivity contribution in [1.82, 2.24) is 0 Å². The maximum absolute atomic E-state index is 6.11. The second-order valence-corrected chi connectivity index (χ2v) is 11.8. The molecule has 31 heavy (non-hydrogen) atoms. The third kappa shape index (κ3) is 4.79. The van der Waals surface area contributed by atoms with Crippen molar-refractivity contribution in [2.45, 2.75) is 25.6 Å². The Morgan fingerprint density at radius 1 is 0.581 bits per heavy atom. The molecule has 0 spiro atoms. The van der Waals surface area contributed by atoms with Crippen LogP contribution in [0.3, 0.4) is 0 Å². The van der Waals surface area contributed by atoms with Gasteiger partial charge in [-0.05, 0) is 48.9 Å². The van der Waals surface area contributed by atoms with Gasteiger partial charge < -0.3 is 4.74 Å². The molecule has 0 N–H and O–H groups in total. The minimum Gasteiger partial charge on any atom is -0.377 e. The van der Waals surface area contributed by atoms with Gasteiger partial charge in [0.2, 0.25) is 0 Å². The lowest BCUT2D eigenvalue weighted by molar-refractivity contribution is 0.118. The summed E-state index contributed by atoms with van der Waals surface area (Å²) in [4.78, 5) is 0. The predicted octanol–water partition coefficient (Wildman–Crippen LogP) is 5.98. The first kappa shape index (κ1) is 21.5. The van der Waals surface area contributed by atoms with Crippen molar-refractivity contribution in [3.05, 3.63) is 127 Å². The second kappa shape index (κ2) is 10.5. The zero-order valence-electron chi connectivity index (χ0n) is 18.1. The molecule has 0 saturated carbocycles. The summed E-state index contributed by atoms with van der Waals surface area (Å²) in [5.74, 6) is 0. The summed E-state index contributed by atoms with van der Waals surface area (Å²) in [7, 11) is -1.84. The lowest BCUT2D eigenvalue weighted by Crippen LogP contribution is -2.38. The highest BCUT2D eigenvalue weighted by Crippen LogP contribution is 2.60. The van der Waals surface area contributed by atoms with Crippen LogP contribution >= 0.6 is 7.26 Å². The van der Waals surface area contributed by atoms with E-state index in [0.29, 0.717) is 12.3 Å². The molecule has 0 heterocycles.